The molecular weight excluding hydrogens is 620 g/mol. The smallest absolute Gasteiger partial charge is 0.255 e. The standard InChI is InChI=1S/C37H44N8O4/c1-4-5-10-19-45(23-25-15-17-26(18-16-25)28-11-6-7-13-30(28)34-40-43-44-41-34)37(48)33(21-27-22-38-32-14-9-8-12-29(27)32)39-35(46)31(20-24(2)3)36(47)42-49/h6-9,11-18,22,24,31,33,38,49H,4-5,10,19-21,23H2,1-3H3,(H,39,46)(H,42,47)(H,40,41,43,44)/t31?,33-/m0/s1. The van der Waals surface area contributed by atoms with E-state index in [-0.39, 0.29) is 24.7 Å². The quantitative estimate of drug-likeness (QED) is 0.0406. The van der Waals surface area contributed by atoms with E-state index in [1.54, 1.807) is 10.4 Å². The maximum Gasteiger partial charge on any atom is 0.255 e. The van der Waals surface area contributed by atoms with E-state index in [0.29, 0.717) is 18.9 Å². The van der Waals surface area contributed by atoms with E-state index in [0.717, 1.165) is 58.0 Å². The van der Waals surface area contributed by atoms with Gasteiger partial charge in [0.2, 0.25) is 17.6 Å². The third kappa shape index (κ3) is 8.76. The number of hydrogen-bond acceptors (Lipinski definition) is 7. The van der Waals surface area contributed by atoms with Crippen LogP contribution < -0.4 is 10.8 Å². The molecule has 0 aliphatic heterocycles. The maximum atomic E-state index is 14.5. The van der Waals surface area contributed by atoms with Gasteiger partial charge in [-0.1, -0.05) is 100 Å². The average Bonchev–Trinajstić information content (AvgIpc) is 3.80. The van der Waals surface area contributed by atoms with Crippen molar-refractivity contribution in [2.24, 2.45) is 11.8 Å². The second kappa shape index (κ2) is 16.6. The molecule has 49 heavy (non-hydrogen) atoms. The first kappa shape index (κ1) is 35.0. The Kier molecular flexibility index (Phi) is 11.9. The van der Waals surface area contributed by atoms with Gasteiger partial charge in [-0.3, -0.25) is 19.6 Å². The minimum atomic E-state index is -1.15. The maximum absolute atomic E-state index is 14.5. The first-order chi connectivity index (χ1) is 23.8. The van der Waals surface area contributed by atoms with Crippen molar-refractivity contribution in [3.8, 4) is 22.5 Å². The number of aromatic nitrogens is 5. The molecule has 5 rings (SSSR count). The van der Waals surface area contributed by atoms with Gasteiger partial charge in [0.1, 0.15) is 12.0 Å². The fourth-order valence-electron chi connectivity index (χ4n) is 6.13. The molecule has 0 bridgehead atoms. The lowest BCUT2D eigenvalue weighted by molar-refractivity contribution is -0.144. The molecule has 0 aliphatic rings. The number of tetrazole rings is 1. The van der Waals surface area contributed by atoms with Gasteiger partial charge in [0, 0.05) is 42.2 Å². The second-order valence-electron chi connectivity index (χ2n) is 12.7. The Labute approximate surface area is 285 Å². The number of hydrogen-bond donors (Lipinski definition) is 5. The van der Waals surface area contributed by atoms with Crippen LogP contribution in [0, 0.1) is 11.8 Å². The van der Waals surface area contributed by atoms with Gasteiger partial charge in [0.05, 0.1) is 0 Å². The van der Waals surface area contributed by atoms with E-state index in [1.807, 2.05) is 92.8 Å². The van der Waals surface area contributed by atoms with Crippen LogP contribution in [0.15, 0.2) is 79.0 Å². The number of aromatic amines is 2. The Bertz CT molecular complexity index is 1830. The van der Waals surface area contributed by atoms with Gasteiger partial charge in [-0.05, 0) is 52.3 Å². The van der Waals surface area contributed by atoms with Crippen molar-refractivity contribution in [1.29, 1.82) is 0 Å². The SMILES string of the molecule is CCCCCN(Cc1ccc(-c2ccccc2-c2nn[nH]n2)cc1)C(=O)[C@H](Cc1c[nH]c2ccccc12)NC(=O)C(CC(C)C)C(=O)NO. The summed E-state index contributed by atoms with van der Waals surface area (Å²) in [7, 11) is 0. The highest BCUT2D eigenvalue weighted by molar-refractivity contribution is 6.01. The lowest BCUT2D eigenvalue weighted by Crippen LogP contribution is -2.52. The van der Waals surface area contributed by atoms with E-state index in [2.05, 4.69) is 37.8 Å². The number of nitrogens with zero attached hydrogens (tertiary/aromatic N) is 4. The van der Waals surface area contributed by atoms with E-state index >= 15 is 0 Å². The molecule has 12 heteroatoms. The fourth-order valence-corrected chi connectivity index (χ4v) is 6.13. The summed E-state index contributed by atoms with van der Waals surface area (Å²) in [4.78, 5) is 45.8. The average molecular weight is 665 g/mol. The van der Waals surface area contributed by atoms with Gasteiger partial charge in [0.25, 0.3) is 5.91 Å². The molecule has 5 N–H and O–H groups in total. The predicted molar refractivity (Wildman–Crippen MR) is 187 cm³/mol. The van der Waals surface area contributed by atoms with E-state index < -0.39 is 23.8 Å². The van der Waals surface area contributed by atoms with Gasteiger partial charge in [-0.25, -0.2) is 5.48 Å². The predicted octanol–water partition coefficient (Wildman–Crippen LogP) is 5.43. The first-order valence-corrected chi connectivity index (χ1v) is 16.8. The Morgan fingerprint density at radius 2 is 1.65 bits per heavy atom. The highest BCUT2D eigenvalue weighted by Gasteiger charge is 2.33. The number of para-hydroxylation sites is 1. The number of rotatable bonds is 16. The zero-order chi connectivity index (χ0) is 34.8. The van der Waals surface area contributed by atoms with Crippen LogP contribution in [-0.2, 0) is 27.3 Å². The number of carbonyl (C=O) groups is 3. The molecule has 12 nitrogen and oxygen atoms in total. The van der Waals surface area contributed by atoms with Crippen LogP contribution in [0.25, 0.3) is 33.4 Å². The summed E-state index contributed by atoms with van der Waals surface area (Å²) >= 11 is 0. The topological polar surface area (TPSA) is 169 Å². The van der Waals surface area contributed by atoms with Crippen LogP contribution in [0.5, 0.6) is 0 Å². The van der Waals surface area contributed by atoms with Gasteiger partial charge >= 0.3 is 0 Å². The van der Waals surface area contributed by atoms with Gasteiger partial charge in [-0.15, -0.1) is 10.2 Å². The second-order valence-corrected chi connectivity index (χ2v) is 12.7. The third-order valence-corrected chi connectivity index (χ3v) is 8.66. The summed E-state index contributed by atoms with van der Waals surface area (Å²) in [6, 6.07) is 22.7. The Morgan fingerprint density at radius 3 is 2.35 bits per heavy atom. The molecule has 256 valence electrons. The number of carbonyl (C=O) groups excluding carboxylic acids is 3. The van der Waals surface area contributed by atoms with Crippen molar-refractivity contribution in [1.82, 2.24) is 41.3 Å². The van der Waals surface area contributed by atoms with Crippen molar-refractivity contribution in [2.45, 2.75) is 65.5 Å². The van der Waals surface area contributed by atoms with Crippen molar-refractivity contribution in [2.75, 3.05) is 6.54 Å². The number of H-pyrrole nitrogens is 2. The Hall–Kier alpha value is -5.36. The van der Waals surface area contributed by atoms with Crippen LogP contribution >= 0.6 is 0 Å². The minimum Gasteiger partial charge on any atom is -0.361 e. The number of benzene rings is 3. The van der Waals surface area contributed by atoms with Crippen LogP contribution in [0.1, 0.15) is 57.6 Å². The van der Waals surface area contributed by atoms with Crippen LogP contribution in [0.4, 0.5) is 0 Å². The molecule has 0 radical (unpaired) electrons. The molecule has 1 unspecified atom stereocenters. The number of amides is 3. The van der Waals surface area contributed by atoms with E-state index in [9.17, 15) is 19.6 Å². The summed E-state index contributed by atoms with van der Waals surface area (Å²) in [5.74, 6) is -2.29. The molecular formula is C37H44N8O4. The minimum absolute atomic E-state index is 0.00325. The van der Waals surface area contributed by atoms with E-state index in [1.165, 1.54) is 0 Å². The largest absolute Gasteiger partial charge is 0.361 e. The fraction of sp³-hybridized carbons (Fsp3) is 0.351. The zero-order valence-electron chi connectivity index (χ0n) is 28.1. The molecule has 3 aromatic carbocycles. The van der Waals surface area contributed by atoms with Crippen LogP contribution in [0.3, 0.4) is 0 Å². The molecule has 0 aliphatic carbocycles. The molecule has 5 aromatic rings. The van der Waals surface area contributed by atoms with Crippen LogP contribution in [-0.4, -0.2) is 66.0 Å². The van der Waals surface area contributed by atoms with E-state index in [4.69, 9.17) is 0 Å². The molecule has 3 amide bonds. The molecule has 0 spiro atoms. The molecule has 2 atom stereocenters. The van der Waals surface area contributed by atoms with Crippen LogP contribution in [0.2, 0.25) is 0 Å². The Balaban J connectivity index is 1.43. The van der Waals surface area contributed by atoms with Gasteiger partial charge < -0.3 is 15.2 Å². The summed E-state index contributed by atoms with van der Waals surface area (Å²) in [6.07, 6.45) is 5.03. The molecule has 2 heterocycles. The normalized spacial score (nSPS) is 12.5. The molecule has 0 saturated carbocycles. The highest BCUT2D eigenvalue weighted by Crippen LogP contribution is 2.30. The number of nitrogens with one attached hydrogen (secondary N) is 4. The molecule has 0 fully saturated rings. The lowest BCUT2D eigenvalue weighted by atomic mass is 9.94. The van der Waals surface area contributed by atoms with Crippen molar-refractivity contribution < 1.29 is 19.6 Å². The monoisotopic (exact) mass is 664 g/mol. The lowest BCUT2D eigenvalue weighted by Gasteiger charge is -2.29. The highest BCUT2D eigenvalue weighted by atomic mass is 16.5. The van der Waals surface area contributed by atoms with Crippen molar-refractivity contribution in [3.63, 3.8) is 0 Å². The summed E-state index contributed by atoms with van der Waals surface area (Å²) in [5, 5.41) is 27.8. The summed E-state index contributed by atoms with van der Waals surface area (Å²) < 4.78 is 0. The van der Waals surface area contributed by atoms with Gasteiger partial charge in [0.15, 0.2) is 0 Å². The van der Waals surface area contributed by atoms with Crippen molar-refractivity contribution >= 4 is 28.6 Å². The number of unbranched alkanes of at least 4 members (excludes halogenated alkanes) is 2. The van der Waals surface area contributed by atoms with Gasteiger partial charge in [-0.2, -0.15) is 5.21 Å². The first-order valence-electron chi connectivity index (χ1n) is 16.8. The summed E-state index contributed by atoms with van der Waals surface area (Å²) in [6.45, 7) is 6.73. The Morgan fingerprint density at radius 1 is 0.918 bits per heavy atom. The van der Waals surface area contributed by atoms with Crippen molar-refractivity contribution in [3.05, 3.63) is 90.1 Å². The summed E-state index contributed by atoms with van der Waals surface area (Å²) in [5.41, 5.74) is 7.13. The molecule has 0 saturated heterocycles. The number of fused-ring (bicyclic) bond motifs is 1. The third-order valence-electron chi connectivity index (χ3n) is 8.66. The zero-order valence-corrected chi connectivity index (χ0v) is 28.1. The molecule has 2 aromatic heterocycles. The number of hydroxylamine groups is 1.